The van der Waals surface area contributed by atoms with Gasteiger partial charge in [-0.2, -0.15) is 0 Å². The molecule has 1 N–H and O–H groups in total. The van der Waals surface area contributed by atoms with E-state index < -0.39 is 17.8 Å². The summed E-state index contributed by atoms with van der Waals surface area (Å²) in [4.78, 5) is 41.2. The van der Waals surface area contributed by atoms with Crippen molar-refractivity contribution in [3.05, 3.63) is 30.1 Å². The largest absolute Gasteiger partial charge is 0.324 e. The third kappa shape index (κ3) is 3.46. The van der Waals surface area contributed by atoms with Crippen LogP contribution >= 0.6 is 31.9 Å². The lowest BCUT2D eigenvalue weighted by Crippen LogP contribution is -2.49. The normalized spacial score (nSPS) is 34.1. The Morgan fingerprint density at radius 3 is 2.10 bits per heavy atom. The molecule has 3 fully saturated rings. The number of nitrogens with zero attached hydrogens (tertiary/aromatic N) is 1. The van der Waals surface area contributed by atoms with E-state index in [-0.39, 0.29) is 51.1 Å². The number of nitrogens with one attached hydrogen (secondary N) is 1. The standard InChI is InChI=1S/C21H23Br2FN2O3/c1-9(2)7-14(19(27)25-11-5-3-10(24)4-6-11)26-20(28)15-12-8-13(16(15)21(26)29)18(23)17(12)22/h3-6,9,12-18H,7-8H2,1-2H3,(H,25,27)/t12-,13-,14-,15-,16+,17-,18+/m0/s1. The minimum Gasteiger partial charge on any atom is -0.324 e. The van der Waals surface area contributed by atoms with E-state index >= 15 is 0 Å². The van der Waals surface area contributed by atoms with Crippen LogP contribution in [0.15, 0.2) is 24.3 Å². The Labute approximate surface area is 186 Å². The summed E-state index contributed by atoms with van der Waals surface area (Å²) in [6, 6.07) is 4.58. The number of hydrogen-bond acceptors (Lipinski definition) is 3. The van der Waals surface area contributed by atoms with Crippen LogP contribution in [-0.2, 0) is 14.4 Å². The molecule has 0 radical (unpaired) electrons. The number of carbonyl (C=O) groups excluding carboxylic acids is 3. The minimum absolute atomic E-state index is 0.107. The minimum atomic E-state index is -0.868. The average Bonchev–Trinajstić information content (AvgIpc) is 3.27. The number of halogens is 3. The van der Waals surface area contributed by atoms with Gasteiger partial charge in [-0.05, 0) is 54.9 Å². The van der Waals surface area contributed by atoms with Crippen LogP contribution in [0.25, 0.3) is 0 Å². The van der Waals surface area contributed by atoms with Gasteiger partial charge in [0.1, 0.15) is 11.9 Å². The van der Waals surface area contributed by atoms with Crippen molar-refractivity contribution in [1.29, 1.82) is 0 Å². The smallest absolute Gasteiger partial charge is 0.247 e. The number of amides is 3. The Morgan fingerprint density at radius 2 is 1.62 bits per heavy atom. The van der Waals surface area contributed by atoms with E-state index in [9.17, 15) is 18.8 Å². The third-order valence-corrected chi connectivity index (χ3v) is 9.65. The third-order valence-electron chi connectivity index (χ3n) is 6.44. The Bertz CT molecular complexity index is 815. The van der Waals surface area contributed by atoms with Crippen molar-refractivity contribution in [3.8, 4) is 0 Å². The zero-order valence-corrected chi connectivity index (χ0v) is 19.3. The van der Waals surface area contributed by atoms with E-state index in [0.717, 1.165) is 6.42 Å². The molecule has 4 rings (SSSR count). The number of benzene rings is 1. The second-order valence-corrected chi connectivity index (χ2v) is 10.8. The van der Waals surface area contributed by atoms with Crippen molar-refractivity contribution in [1.82, 2.24) is 4.90 Å². The first-order valence-corrected chi connectivity index (χ1v) is 11.7. The predicted octanol–water partition coefficient (Wildman–Crippen LogP) is 3.96. The molecule has 3 amide bonds. The van der Waals surface area contributed by atoms with Crippen LogP contribution in [0.5, 0.6) is 0 Å². The van der Waals surface area contributed by atoms with Gasteiger partial charge in [0, 0.05) is 15.3 Å². The highest BCUT2D eigenvalue weighted by atomic mass is 79.9. The zero-order valence-electron chi connectivity index (χ0n) is 16.1. The fourth-order valence-corrected chi connectivity index (χ4v) is 7.09. The molecule has 3 aliphatic rings. The van der Waals surface area contributed by atoms with Crippen molar-refractivity contribution in [2.45, 2.75) is 42.4 Å². The zero-order chi connectivity index (χ0) is 21.0. The Kier molecular flexibility index (Phi) is 5.61. The van der Waals surface area contributed by atoms with Crippen LogP contribution < -0.4 is 5.32 Å². The number of imide groups is 1. The quantitative estimate of drug-likeness (QED) is 0.464. The molecular formula is C21H23Br2FN2O3. The molecule has 0 unspecified atom stereocenters. The van der Waals surface area contributed by atoms with E-state index in [4.69, 9.17) is 0 Å². The molecule has 2 aliphatic carbocycles. The van der Waals surface area contributed by atoms with E-state index in [1.807, 2.05) is 13.8 Å². The Balaban J connectivity index is 1.60. The monoisotopic (exact) mass is 528 g/mol. The second kappa shape index (κ2) is 7.76. The molecule has 1 saturated heterocycles. The lowest BCUT2D eigenvalue weighted by molar-refractivity contribution is -0.147. The van der Waals surface area contributed by atoms with Gasteiger partial charge < -0.3 is 5.32 Å². The molecule has 0 aromatic heterocycles. The van der Waals surface area contributed by atoms with Gasteiger partial charge in [0.05, 0.1) is 11.8 Å². The molecule has 1 aliphatic heterocycles. The maximum Gasteiger partial charge on any atom is 0.247 e. The summed E-state index contributed by atoms with van der Waals surface area (Å²) in [7, 11) is 0. The van der Waals surface area contributed by atoms with Crippen LogP contribution in [0, 0.1) is 35.4 Å². The van der Waals surface area contributed by atoms with Crippen LogP contribution in [-0.4, -0.2) is 38.3 Å². The molecule has 0 spiro atoms. The number of fused-ring (bicyclic) bond motifs is 5. The van der Waals surface area contributed by atoms with Gasteiger partial charge in [0.2, 0.25) is 17.7 Å². The fraction of sp³-hybridized carbons (Fsp3) is 0.571. The molecule has 2 bridgehead atoms. The predicted molar refractivity (Wildman–Crippen MR) is 114 cm³/mol. The lowest BCUT2D eigenvalue weighted by Gasteiger charge is -2.28. The van der Waals surface area contributed by atoms with E-state index in [2.05, 4.69) is 37.2 Å². The molecule has 7 atom stereocenters. The summed E-state index contributed by atoms with van der Waals surface area (Å²) in [6.07, 6.45) is 1.23. The number of likely N-dealkylation sites (tertiary alicyclic amines) is 1. The maximum absolute atomic E-state index is 13.3. The topological polar surface area (TPSA) is 66.5 Å². The molecule has 1 aromatic carbocycles. The summed E-state index contributed by atoms with van der Waals surface area (Å²) in [5, 5.41) is 2.74. The van der Waals surface area contributed by atoms with Gasteiger partial charge in [-0.15, -0.1) is 0 Å². The highest BCUT2D eigenvalue weighted by molar-refractivity contribution is 9.12. The van der Waals surface area contributed by atoms with Gasteiger partial charge in [-0.1, -0.05) is 45.7 Å². The van der Waals surface area contributed by atoms with Crippen LogP contribution in [0.4, 0.5) is 10.1 Å². The van der Waals surface area contributed by atoms with Gasteiger partial charge >= 0.3 is 0 Å². The Morgan fingerprint density at radius 1 is 1.10 bits per heavy atom. The van der Waals surface area contributed by atoms with Gasteiger partial charge in [-0.25, -0.2) is 4.39 Å². The highest BCUT2D eigenvalue weighted by Crippen LogP contribution is 2.60. The molecule has 156 valence electrons. The molecule has 1 heterocycles. The summed E-state index contributed by atoms with van der Waals surface area (Å²) in [5.41, 5.74) is 0.436. The first-order chi connectivity index (χ1) is 13.7. The van der Waals surface area contributed by atoms with Crippen molar-refractivity contribution in [3.63, 3.8) is 0 Å². The van der Waals surface area contributed by atoms with Crippen molar-refractivity contribution < 1.29 is 18.8 Å². The highest BCUT2D eigenvalue weighted by Gasteiger charge is 2.67. The van der Waals surface area contributed by atoms with Crippen LogP contribution in [0.1, 0.15) is 26.7 Å². The summed E-state index contributed by atoms with van der Waals surface area (Å²) in [6.45, 7) is 3.91. The molecule has 29 heavy (non-hydrogen) atoms. The number of anilines is 1. The van der Waals surface area contributed by atoms with Crippen molar-refractivity contribution in [2.24, 2.45) is 29.6 Å². The summed E-state index contributed by atoms with van der Waals surface area (Å²) in [5.74, 6) is -1.63. The fourth-order valence-electron chi connectivity index (χ4n) is 5.21. The van der Waals surface area contributed by atoms with Crippen LogP contribution in [0.2, 0.25) is 0 Å². The summed E-state index contributed by atoms with van der Waals surface area (Å²) >= 11 is 7.36. The van der Waals surface area contributed by atoms with Gasteiger partial charge in [-0.3, -0.25) is 19.3 Å². The SMILES string of the molecule is CC(C)C[C@@H](C(=O)Nc1ccc(F)cc1)N1C(=O)[C@@H]2[C@@H]3C[C@H]([C@H](Br)[C@@H]3Br)[C@@H]2C1=O. The van der Waals surface area contributed by atoms with E-state index in [0.29, 0.717) is 12.1 Å². The van der Waals surface area contributed by atoms with Crippen molar-refractivity contribution in [2.75, 3.05) is 5.32 Å². The second-order valence-electron chi connectivity index (χ2n) is 8.69. The lowest BCUT2D eigenvalue weighted by atomic mass is 9.81. The molecule has 2 saturated carbocycles. The number of carbonyl (C=O) groups is 3. The average molecular weight is 530 g/mol. The maximum atomic E-state index is 13.3. The first-order valence-electron chi connectivity index (χ1n) is 9.92. The molecule has 8 heteroatoms. The van der Waals surface area contributed by atoms with E-state index in [1.54, 1.807) is 0 Å². The molecular weight excluding hydrogens is 507 g/mol. The van der Waals surface area contributed by atoms with Gasteiger partial charge in [0.25, 0.3) is 0 Å². The number of hydrogen-bond donors (Lipinski definition) is 1. The molecule has 5 nitrogen and oxygen atoms in total. The Hall–Kier alpha value is -1.28. The van der Waals surface area contributed by atoms with Crippen molar-refractivity contribution >= 4 is 55.3 Å². The van der Waals surface area contributed by atoms with E-state index in [1.165, 1.54) is 29.2 Å². The number of alkyl halides is 2. The summed E-state index contributed by atoms with van der Waals surface area (Å²) < 4.78 is 13.2. The van der Waals surface area contributed by atoms with Gasteiger partial charge in [0.15, 0.2) is 0 Å². The first kappa shape index (κ1) is 21.0. The molecule has 1 aromatic rings. The van der Waals surface area contributed by atoms with Crippen LogP contribution in [0.3, 0.4) is 0 Å². The number of rotatable bonds is 5.